The molecule has 0 unspecified atom stereocenters. The summed E-state index contributed by atoms with van der Waals surface area (Å²) in [6.07, 6.45) is 0. The summed E-state index contributed by atoms with van der Waals surface area (Å²) in [4.78, 5) is 28.7. The average molecular weight is 378 g/mol. The van der Waals surface area contributed by atoms with Crippen LogP contribution in [0.1, 0.15) is 15.9 Å². The van der Waals surface area contributed by atoms with Crippen molar-refractivity contribution in [2.45, 2.75) is 6.54 Å². The van der Waals surface area contributed by atoms with E-state index in [0.717, 1.165) is 35.4 Å². The molecule has 2 heterocycles. The lowest BCUT2D eigenvalue weighted by molar-refractivity contribution is 0.0629. The molecule has 1 fully saturated rings. The summed E-state index contributed by atoms with van der Waals surface area (Å²) in [6, 6.07) is 16.3. The molecular weight excluding hydrogens is 356 g/mol. The topological polar surface area (TPSA) is 63.0 Å². The van der Waals surface area contributed by atoms with Crippen molar-refractivity contribution < 1.29 is 13.9 Å². The number of benzene rings is 2. The number of piperazine rings is 1. The van der Waals surface area contributed by atoms with Crippen molar-refractivity contribution in [1.82, 2.24) is 9.80 Å². The van der Waals surface area contributed by atoms with Crippen LogP contribution in [0.5, 0.6) is 5.75 Å². The Labute approximate surface area is 162 Å². The van der Waals surface area contributed by atoms with E-state index >= 15 is 0 Å². The van der Waals surface area contributed by atoms with Crippen LogP contribution < -0.4 is 10.4 Å². The second-order valence-corrected chi connectivity index (χ2v) is 6.89. The predicted molar refractivity (Wildman–Crippen MR) is 107 cm³/mol. The Hall–Kier alpha value is -3.12. The molecule has 1 aliphatic heterocycles. The van der Waals surface area contributed by atoms with Crippen molar-refractivity contribution in [3.8, 4) is 5.75 Å². The van der Waals surface area contributed by atoms with Crippen molar-refractivity contribution in [3.05, 3.63) is 76.1 Å². The average Bonchev–Trinajstić information content (AvgIpc) is 2.74. The molecule has 0 spiro atoms. The Balaban J connectivity index is 1.48. The van der Waals surface area contributed by atoms with Crippen LogP contribution in [0.3, 0.4) is 0 Å². The van der Waals surface area contributed by atoms with Crippen LogP contribution in [0, 0.1) is 0 Å². The molecule has 2 aromatic carbocycles. The van der Waals surface area contributed by atoms with E-state index in [9.17, 15) is 9.59 Å². The second-order valence-electron chi connectivity index (χ2n) is 6.89. The Kier molecular flexibility index (Phi) is 5.12. The highest BCUT2D eigenvalue weighted by Gasteiger charge is 2.22. The molecule has 1 amide bonds. The fourth-order valence-corrected chi connectivity index (χ4v) is 3.58. The van der Waals surface area contributed by atoms with Gasteiger partial charge in [0.15, 0.2) is 0 Å². The summed E-state index contributed by atoms with van der Waals surface area (Å²) in [5, 5.41) is 0.877. The molecule has 144 valence electrons. The first-order valence-electron chi connectivity index (χ1n) is 9.31. The summed E-state index contributed by atoms with van der Waals surface area (Å²) in [5.74, 6) is 0.789. The van der Waals surface area contributed by atoms with Crippen LogP contribution in [0.25, 0.3) is 11.0 Å². The molecule has 0 radical (unpaired) electrons. The number of carbonyl (C=O) groups excluding carboxylic acids is 1. The minimum atomic E-state index is -0.356. The largest absolute Gasteiger partial charge is 0.497 e. The maximum atomic E-state index is 12.6. The zero-order valence-electron chi connectivity index (χ0n) is 15.8. The quantitative estimate of drug-likeness (QED) is 0.654. The summed E-state index contributed by atoms with van der Waals surface area (Å²) < 4.78 is 10.6. The van der Waals surface area contributed by atoms with Crippen molar-refractivity contribution in [3.63, 3.8) is 0 Å². The molecule has 1 aliphatic rings. The third kappa shape index (κ3) is 3.77. The molecule has 1 saturated heterocycles. The molecule has 0 bridgehead atoms. The number of nitrogens with zero attached hydrogens (tertiary/aromatic N) is 2. The highest BCUT2D eigenvalue weighted by molar-refractivity contribution is 5.94. The lowest BCUT2D eigenvalue weighted by atomic mass is 10.1. The Morgan fingerprint density at radius 3 is 2.50 bits per heavy atom. The Morgan fingerprint density at radius 1 is 1.04 bits per heavy atom. The van der Waals surface area contributed by atoms with Crippen molar-refractivity contribution in [2.24, 2.45) is 0 Å². The van der Waals surface area contributed by atoms with Gasteiger partial charge in [-0.15, -0.1) is 0 Å². The molecule has 0 aliphatic carbocycles. The van der Waals surface area contributed by atoms with Crippen molar-refractivity contribution >= 4 is 16.9 Å². The molecule has 0 saturated carbocycles. The minimum Gasteiger partial charge on any atom is -0.497 e. The van der Waals surface area contributed by atoms with E-state index in [0.29, 0.717) is 25.2 Å². The highest BCUT2D eigenvalue weighted by atomic mass is 16.5. The van der Waals surface area contributed by atoms with Gasteiger partial charge in [-0.2, -0.15) is 0 Å². The van der Waals surface area contributed by atoms with Crippen LogP contribution in [0.15, 0.2) is 63.8 Å². The van der Waals surface area contributed by atoms with Crippen LogP contribution >= 0.6 is 0 Å². The molecule has 6 nitrogen and oxygen atoms in total. The van der Waals surface area contributed by atoms with E-state index in [-0.39, 0.29) is 11.5 Å². The predicted octanol–water partition coefficient (Wildman–Crippen LogP) is 2.76. The first kappa shape index (κ1) is 18.3. The second kappa shape index (κ2) is 7.86. The number of hydrogen-bond donors (Lipinski definition) is 0. The normalized spacial score (nSPS) is 15.0. The van der Waals surface area contributed by atoms with Gasteiger partial charge in [-0.3, -0.25) is 9.69 Å². The summed E-state index contributed by atoms with van der Waals surface area (Å²) in [6.45, 7) is 3.46. The van der Waals surface area contributed by atoms with Gasteiger partial charge in [0.1, 0.15) is 11.3 Å². The Morgan fingerprint density at radius 2 is 1.79 bits per heavy atom. The number of amides is 1. The zero-order chi connectivity index (χ0) is 19.5. The Bertz CT molecular complexity index is 1040. The molecule has 4 rings (SSSR count). The molecule has 1 aromatic heterocycles. The van der Waals surface area contributed by atoms with E-state index in [4.69, 9.17) is 9.15 Å². The van der Waals surface area contributed by atoms with E-state index in [2.05, 4.69) is 4.90 Å². The van der Waals surface area contributed by atoms with Gasteiger partial charge in [0, 0.05) is 49.7 Å². The maximum Gasteiger partial charge on any atom is 0.336 e. The first-order valence-corrected chi connectivity index (χ1v) is 9.31. The molecule has 3 aromatic rings. The number of carbonyl (C=O) groups is 1. The van der Waals surface area contributed by atoms with Gasteiger partial charge < -0.3 is 14.1 Å². The third-order valence-electron chi connectivity index (χ3n) is 5.11. The summed E-state index contributed by atoms with van der Waals surface area (Å²) in [7, 11) is 1.61. The van der Waals surface area contributed by atoms with Gasteiger partial charge in [-0.05, 0) is 35.9 Å². The number of rotatable bonds is 4. The fourth-order valence-electron chi connectivity index (χ4n) is 3.58. The molecular formula is C22H22N2O4. The van der Waals surface area contributed by atoms with Crippen molar-refractivity contribution in [2.75, 3.05) is 33.3 Å². The van der Waals surface area contributed by atoms with E-state index < -0.39 is 0 Å². The lowest BCUT2D eigenvalue weighted by Gasteiger charge is -2.35. The number of hydrogen-bond acceptors (Lipinski definition) is 5. The smallest absolute Gasteiger partial charge is 0.336 e. The summed E-state index contributed by atoms with van der Waals surface area (Å²) >= 11 is 0. The van der Waals surface area contributed by atoms with Gasteiger partial charge in [-0.1, -0.05) is 18.2 Å². The highest BCUT2D eigenvalue weighted by Crippen LogP contribution is 2.24. The zero-order valence-corrected chi connectivity index (χ0v) is 15.8. The van der Waals surface area contributed by atoms with Crippen LogP contribution in [0.4, 0.5) is 0 Å². The van der Waals surface area contributed by atoms with Gasteiger partial charge in [0.2, 0.25) is 0 Å². The van der Waals surface area contributed by atoms with Crippen LogP contribution in [-0.2, 0) is 6.54 Å². The van der Waals surface area contributed by atoms with E-state index in [1.54, 1.807) is 25.3 Å². The molecule has 28 heavy (non-hydrogen) atoms. The third-order valence-corrected chi connectivity index (χ3v) is 5.11. The standard InChI is InChI=1S/C22H22N2O4/c1-27-18-7-8-20-19(14-18)17(13-21(25)28-20)15-23-9-11-24(12-10-23)22(26)16-5-3-2-4-6-16/h2-8,13-14H,9-12,15H2,1H3. The van der Waals surface area contributed by atoms with Crippen LogP contribution in [-0.4, -0.2) is 49.0 Å². The SMILES string of the molecule is COc1ccc2oc(=O)cc(CN3CCN(C(=O)c4ccccc4)CC3)c2c1. The fraction of sp³-hybridized carbons (Fsp3) is 0.273. The van der Waals surface area contributed by atoms with Crippen molar-refractivity contribution in [1.29, 1.82) is 0 Å². The molecule has 0 atom stereocenters. The number of methoxy groups -OCH3 is 1. The first-order chi connectivity index (χ1) is 13.6. The number of fused-ring (bicyclic) bond motifs is 1. The van der Waals surface area contributed by atoms with Gasteiger partial charge in [0.05, 0.1) is 7.11 Å². The maximum absolute atomic E-state index is 12.6. The van der Waals surface area contributed by atoms with Crippen LogP contribution in [0.2, 0.25) is 0 Å². The van der Waals surface area contributed by atoms with E-state index in [1.807, 2.05) is 41.3 Å². The monoisotopic (exact) mass is 378 g/mol. The van der Waals surface area contributed by atoms with Gasteiger partial charge >= 0.3 is 5.63 Å². The molecule has 6 heteroatoms. The lowest BCUT2D eigenvalue weighted by Crippen LogP contribution is -2.48. The van der Waals surface area contributed by atoms with Gasteiger partial charge in [0.25, 0.3) is 5.91 Å². The summed E-state index contributed by atoms with van der Waals surface area (Å²) in [5.41, 5.74) is 1.83. The number of ether oxygens (including phenoxy) is 1. The molecule has 0 N–H and O–H groups in total. The van der Waals surface area contributed by atoms with E-state index in [1.165, 1.54) is 0 Å². The minimum absolute atomic E-state index is 0.0655. The van der Waals surface area contributed by atoms with Gasteiger partial charge in [-0.25, -0.2) is 4.79 Å².